The van der Waals surface area contributed by atoms with Crippen molar-refractivity contribution in [2.45, 2.75) is 49.4 Å². The molecule has 0 aromatic carbocycles. The number of aliphatic hydroxyl groups excluding tert-OH is 8. The van der Waals surface area contributed by atoms with Crippen molar-refractivity contribution in [2.75, 3.05) is 59.7 Å². The van der Waals surface area contributed by atoms with E-state index < -0.39 is 137 Å². The van der Waals surface area contributed by atoms with Crippen LogP contribution in [0, 0.1) is 0 Å². The van der Waals surface area contributed by atoms with Gasteiger partial charge in [0.25, 0.3) is 11.8 Å². The molecule has 0 spiro atoms. The van der Waals surface area contributed by atoms with Crippen molar-refractivity contribution in [3.63, 3.8) is 0 Å². The number of halogens is 6. The zero-order valence-corrected chi connectivity index (χ0v) is 43.5. The quantitative estimate of drug-likeness (QED) is 0.0298. The third kappa shape index (κ3) is 13.9. The minimum absolute atomic E-state index is 0.211. The summed E-state index contributed by atoms with van der Waals surface area (Å²) in [4.78, 5) is 83.5. The van der Waals surface area contributed by atoms with Crippen LogP contribution < -0.4 is 31.9 Å². The lowest BCUT2D eigenvalue weighted by molar-refractivity contribution is -0.144. The van der Waals surface area contributed by atoms with Gasteiger partial charge in [0.05, 0.1) is 74.1 Å². The fourth-order valence-corrected chi connectivity index (χ4v) is 15.0. The van der Waals surface area contributed by atoms with Gasteiger partial charge < -0.3 is 77.5 Å². The average Bonchev–Trinajstić information content (AvgIpc) is 3.19. The van der Waals surface area contributed by atoms with Crippen LogP contribution in [0.2, 0.25) is 0 Å². The van der Waals surface area contributed by atoms with Crippen LogP contribution in [0.25, 0.3) is 0 Å². The molecule has 0 aliphatic heterocycles. The van der Waals surface area contributed by atoms with E-state index in [1.165, 1.54) is 12.2 Å². The lowest BCUT2D eigenvalue weighted by Gasteiger charge is -2.41. The largest absolute Gasteiger partial charge is 0.394 e. The Morgan fingerprint density at radius 2 is 0.881 bits per heavy atom. The summed E-state index contributed by atoms with van der Waals surface area (Å²) in [6.45, 7) is -4.58. The SMILES string of the molecule is COC(C(=O)NC1C(I)=CC(I)=C(C(=O)NCC(O)CO)C1(I)C(=O)NCC(O)CO)C(=O)NC1C(I)=CC(I)=C(C(=O)NCC(O)CO)C1(I)C(=O)NCC(O)CO. The number of carbonyl (C=O) groups excluding carboxylic acids is 6. The standard InChI is InChI=1S/C32H42I6N6O15/c1-59-22(27(55)43-23-18(35)2-16(33)20(25(53)39-4-12(49)8-45)31(23,37)29(57)41-6-14(51)10-47)28(56)44-24-19(36)3-17(34)21(26(54)40-5-13(50)9-46)32(24,38)30(58)42-7-15(52)11-48/h2-3,12-15,22-24,45-52H,4-11H2,1H3,(H,39,53)(H,40,54)(H,41,57)(H,42,58)(H,43,55)(H,44,56). The van der Waals surface area contributed by atoms with Gasteiger partial charge in [0, 0.05) is 47.6 Å². The summed E-state index contributed by atoms with van der Waals surface area (Å²) in [6, 6.07) is -2.82. The van der Waals surface area contributed by atoms with Crippen LogP contribution in [-0.2, 0) is 33.5 Å². The Labute approximate surface area is 419 Å². The maximum atomic E-state index is 14.1. The Bertz CT molecular complexity index is 1620. The van der Waals surface area contributed by atoms with Crippen molar-refractivity contribution in [3.05, 3.63) is 37.6 Å². The Morgan fingerprint density at radius 3 is 1.15 bits per heavy atom. The van der Waals surface area contributed by atoms with Crippen LogP contribution in [0.3, 0.4) is 0 Å². The van der Waals surface area contributed by atoms with Crippen molar-refractivity contribution in [1.29, 1.82) is 0 Å². The summed E-state index contributed by atoms with van der Waals surface area (Å²) in [5.74, 6) is -5.84. The minimum atomic E-state index is -2.03. The molecule has 27 heteroatoms. The molecule has 0 heterocycles. The predicted molar refractivity (Wildman–Crippen MR) is 259 cm³/mol. The Balaban J connectivity index is 2.61. The molecule has 0 fully saturated rings. The first-order valence-electron chi connectivity index (χ1n) is 16.9. The molecule has 0 aromatic heterocycles. The fraction of sp³-hybridized carbons (Fsp3) is 0.562. The Kier molecular flexibility index (Phi) is 23.6. The molecule has 8 unspecified atom stereocenters. The highest BCUT2D eigenvalue weighted by molar-refractivity contribution is 14.1. The van der Waals surface area contributed by atoms with Crippen molar-refractivity contribution in [2.24, 2.45) is 0 Å². The molecule has 14 N–H and O–H groups in total. The van der Waals surface area contributed by atoms with Crippen LogP contribution in [-0.4, -0.2) is 185 Å². The van der Waals surface area contributed by atoms with Crippen molar-refractivity contribution < 1.29 is 74.4 Å². The third-order valence-corrected chi connectivity index (χ3v) is 15.2. The molecule has 0 radical (unpaired) electrons. The van der Waals surface area contributed by atoms with Crippen LogP contribution in [0.4, 0.5) is 0 Å². The van der Waals surface area contributed by atoms with Gasteiger partial charge in [-0.05, 0) is 103 Å². The monoisotopic (exact) mass is 1510 g/mol. The van der Waals surface area contributed by atoms with Gasteiger partial charge >= 0.3 is 0 Å². The first kappa shape index (κ1) is 54.9. The van der Waals surface area contributed by atoms with Crippen molar-refractivity contribution >= 4 is 171 Å². The molecule has 8 atom stereocenters. The lowest BCUT2D eigenvalue weighted by atomic mass is 9.84. The number of carbonyl (C=O) groups is 6. The number of hydrogen-bond donors (Lipinski definition) is 14. The topological polar surface area (TPSA) is 346 Å². The first-order chi connectivity index (χ1) is 27.6. The molecule has 59 heavy (non-hydrogen) atoms. The van der Waals surface area contributed by atoms with Crippen molar-refractivity contribution in [1.82, 2.24) is 31.9 Å². The second-order valence-corrected chi connectivity index (χ2v) is 20.8. The summed E-state index contributed by atoms with van der Waals surface area (Å²) in [6.07, 6.45) is -4.56. The molecule has 2 aliphatic carbocycles. The van der Waals surface area contributed by atoms with Gasteiger partial charge in [0.15, 0.2) is 6.84 Å². The molecule has 21 nitrogen and oxygen atoms in total. The van der Waals surface area contributed by atoms with E-state index >= 15 is 0 Å². The number of methoxy groups -OCH3 is 1. The summed E-state index contributed by atoms with van der Waals surface area (Å²) < 4.78 is 2.31. The number of alkyl halides is 2. The van der Waals surface area contributed by atoms with E-state index in [4.69, 9.17) is 4.74 Å². The first-order valence-corrected chi connectivity index (χ1v) is 23.4. The lowest BCUT2D eigenvalue weighted by Crippen LogP contribution is -2.65. The number of ether oxygens (including phenoxy) is 1. The molecular formula is C32H42I6N6O15. The van der Waals surface area contributed by atoms with E-state index in [2.05, 4.69) is 31.9 Å². The van der Waals surface area contributed by atoms with E-state index in [1.54, 1.807) is 90.4 Å². The zero-order chi connectivity index (χ0) is 45.0. The van der Waals surface area contributed by atoms with E-state index in [1.807, 2.05) is 45.2 Å². The van der Waals surface area contributed by atoms with Gasteiger partial charge in [0.2, 0.25) is 29.7 Å². The van der Waals surface area contributed by atoms with E-state index in [0.717, 1.165) is 7.11 Å². The third-order valence-electron chi connectivity index (χ3n) is 8.32. The highest BCUT2D eigenvalue weighted by Crippen LogP contribution is 2.47. The van der Waals surface area contributed by atoms with Gasteiger partial charge in [-0.25, -0.2) is 0 Å². The smallest absolute Gasteiger partial charge is 0.259 e. The predicted octanol–water partition coefficient (Wildman–Crippen LogP) is -3.76. The van der Waals surface area contributed by atoms with E-state index in [9.17, 15) is 69.6 Å². The number of hydrogen-bond acceptors (Lipinski definition) is 15. The van der Waals surface area contributed by atoms with Crippen LogP contribution >= 0.6 is 136 Å². The highest BCUT2D eigenvalue weighted by atomic mass is 127. The molecule has 6 amide bonds. The van der Waals surface area contributed by atoms with E-state index in [-0.39, 0.29) is 25.5 Å². The number of aliphatic hydroxyl groups is 8. The number of rotatable bonds is 21. The summed E-state index contributed by atoms with van der Waals surface area (Å²) in [5, 5.41) is 91.9. The van der Waals surface area contributed by atoms with Crippen LogP contribution in [0.5, 0.6) is 0 Å². The van der Waals surface area contributed by atoms with Crippen molar-refractivity contribution in [3.8, 4) is 0 Å². The molecule has 2 rings (SSSR count). The van der Waals surface area contributed by atoms with Gasteiger partial charge in [-0.2, -0.15) is 0 Å². The maximum Gasteiger partial charge on any atom is 0.259 e. The summed E-state index contributed by atoms with van der Waals surface area (Å²) in [7, 11) is 1.02. The molecule has 0 aromatic rings. The highest BCUT2D eigenvalue weighted by Gasteiger charge is 2.56. The fourth-order valence-electron chi connectivity index (χ4n) is 5.25. The second kappa shape index (κ2) is 25.3. The van der Waals surface area contributed by atoms with Gasteiger partial charge in [0.1, 0.15) is 0 Å². The Hall–Kier alpha value is -0.200. The van der Waals surface area contributed by atoms with Gasteiger partial charge in [-0.3, -0.25) is 28.8 Å². The molecule has 2 aliphatic rings. The van der Waals surface area contributed by atoms with E-state index in [0.29, 0.717) is 0 Å². The number of amides is 6. The van der Waals surface area contributed by atoms with Gasteiger partial charge in [-0.1, -0.05) is 45.2 Å². The summed E-state index contributed by atoms with van der Waals surface area (Å²) >= 11 is 10.5. The van der Waals surface area contributed by atoms with Crippen LogP contribution in [0.1, 0.15) is 0 Å². The molecule has 0 saturated heterocycles. The molecular weight excluding hydrogens is 1470 g/mol. The van der Waals surface area contributed by atoms with Crippen LogP contribution in [0.15, 0.2) is 37.6 Å². The summed E-state index contributed by atoms with van der Waals surface area (Å²) in [5.41, 5.74) is -0.423. The maximum absolute atomic E-state index is 14.1. The average molecular weight is 1510 g/mol. The normalized spacial score (nSPS) is 24.4. The zero-order valence-electron chi connectivity index (χ0n) is 30.6. The molecule has 0 saturated carbocycles. The molecule has 332 valence electrons. The Morgan fingerprint density at radius 1 is 0.593 bits per heavy atom. The van der Waals surface area contributed by atoms with Gasteiger partial charge in [-0.15, -0.1) is 0 Å². The molecule has 0 bridgehead atoms. The second-order valence-electron chi connectivity index (χ2n) is 12.6. The minimum Gasteiger partial charge on any atom is -0.394 e. The number of allylic oxidation sites excluding steroid dienone is 4. The number of nitrogens with one attached hydrogen (secondary N) is 6.